The topological polar surface area (TPSA) is 63.6 Å². The van der Waals surface area contributed by atoms with Crippen molar-refractivity contribution < 1.29 is 17.7 Å². The zero-order valence-electron chi connectivity index (χ0n) is 9.17. The SMILES string of the molecule is CCOCCC(c1ccccc1)S(=O)(=O)O. The Balaban J connectivity index is 2.81. The Morgan fingerprint density at radius 1 is 1.31 bits per heavy atom. The fraction of sp³-hybridized carbons (Fsp3) is 0.455. The molecular formula is C11H16O4S. The Labute approximate surface area is 96.0 Å². The first-order chi connectivity index (χ1) is 7.55. The van der Waals surface area contributed by atoms with Gasteiger partial charge in [0.1, 0.15) is 5.25 Å². The van der Waals surface area contributed by atoms with Gasteiger partial charge in [0, 0.05) is 13.2 Å². The van der Waals surface area contributed by atoms with E-state index in [9.17, 15) is 8.42 Å². The lowest BCUT2D eigenvalue weighted by atomic mass is 10.1. The second kappa shape index (κ2) is 5.98. The van der Waals surface area contributed by atoms with Crippen molar-refractivity contribution >= 4 is 10.1 Å². The van der Waals surface area contributed by atoms with Crippen molar-refractivity contribution in [1.29, 1.82) is 0 Å². The molecule has 90 valence electrons. The maximum absolute atomic E-state index is 11.2. The van der Waals surface area contributed by atoms with Gasteiger partial charge in [0.05, 0.1) is 0 Å². The zero-order valence-corrected chi connectivity index (χ0v) is 9.98. The normalized spacial score (nSPS) is 13.6. The summed E-state index contributed by atoms with van der Waals surface area (Å²) in [4.78, 5) is 0. The van der Waals surface area contributed by atoms with Crippen LogP contribution in [0.15, 0.2) is 30.3 Å². The van der Waals surface area contributed by atoms with E-state index in [1.54, 1.807) is 30.3 Å². The molecule has 0 heterocycles. The van der Waals surface area contributed by atoms with Crippen LogP contribution in [-0.2, 0) is 14.9 Å². The molecule has 0 aromatic heterocycles. The van der Waals surface area contributed by atoms with Gasteiger partial charge >= 0.3 is 0 Å². The highest BCUT2D eigenvalue weighted by Gasteiger charge is 2.24. The van der Waals surface area contributed by atoms with Crippen molar-refractivity contribution in [3.63, 3.8) is 0 Å². The Morgan fingerprint density at radius 2 is 1.94 bits per heavy atom. The summed E-state index contributed by atoms with van der Waals surface area (Å²) in [6.07, 6.45) is 0.261. The van der Waals surface area contributed by atoms with Crippen molar-refractivity contribution in [3.8, 4) is 0 Å². The van der Waals surface area contributed by atoms with E-state index < -0.39 is 15.4 Å². The molecule has 1 unspecified atom stereocenters. The van der Waals surface area contributed by atoms with Crippen molar-refractivity contribution in [3.05, 3.63) is 35.9 Å². The van der Waals surface area contributed by atoms with Gasteiger partial charge in [-0.2, -0.15) is 8.42 Å². The van der Waals surface area contributed by atoms with Crippen LogP contribution >= 0.6 is 0 Å². The summed E-state index contributed by atoms with van der Waals surface area (Å²) in [5.74, 6) is 0. The summed E-state index contributed by atoms with van der Waals surface area (Å²) in [6, 6.07) is 8.66. The molecule has 0 aliphatic heterocycles. The Kier molecular flexibility index (Phi) is 4.92. The molecule has 1 N–H and O–H groups in total. The van der Waals surface area contributed by atoms with Crippen molar-refractivity contribution in [2.45, 2.75) is 18.6 Å². The van der Waals surface area contributed by atoms with Crippen LogP contribution in [-0.4, -0.2) is 26.2 Å². The van der Waals surface area contributed by atoms with Crippen molar-refractivity contribution in [2.75, 3.05) is 13.2 Å². The average Bonchev–Trinajstić information content (AvgIpc) is 2.24. The van der Waals surface area contributed by atoms with Crippen molar-refractivity contribution in [2.24, 2.45) is 0 Å². The largest absolute Gasteiger partial charge is 0.382 e. The van der Waals surface area contributed by atoms with Crippen molar-refractivity contribution in [1.82, 2.24) is 0 Å². The lowest BCUT2D eigenvalue weighted by molar-refractivity contribution is 0.143. The minimum atomic E-state index is -4.08. The van der Waals surface area contributed by atoms with Crippen LogP contribution in [0.25, 0.3) is 0 Å². The highest BCUT2D eigenvalue weighted by atomic mass is 32.2. The van der Waals surface area contributed by atoms with E-state index >= 15 is 0 Å². The van der Waals surface area contributed by atoms with Gasteiger partial charge in [-0.05, 0) is 18.9 Å². The van der Waals surface area contributed by atoms with Crippen LogP contribution in [0, 0.1) is 0 Å². The highest BCUT2D eigenvalue weighted by Crippen LogP contribution is 2.24. The maximum atomic E-state index is 11.2. The van der Waals surface area contributed by atoms with Gasteiger partial charge < -0.3 is 4.74 Å². The zero-order chi connectivity index (χ0) is 12.0. The van der Waals surface area contributed by atoms with Gasteiger partial charge in [-0.3, -0.25) is 4.55 Å². The lowest BCUT2D eigenvalue weighted by Gasteiger charge is -2.13. The van der Waals surface area contributed by atoms with Crippen LogP contribution in [0.5, 0.6) is 0 Å². The van der Waals surface area contributed by atoms with Crippen LogP contribution in [0.4, 0.5) is 0 Å². The van der Waals surface area contributed by atoms with E-state index in [-0.39, 0.29) is 6.42 Å². The smallest absolute Gasteiger partial charge is 0.272 e. The predicted octanol–water partition coefficient (Wildman–Crippen LogP) is 2.04. The molecule has 16 heavy (non-hydrogen) atoms. The fourth-order valence-electron chi connectivity index (χ4n) is 1.49. The molecule has 0 fully saturated rings. The van der Waals surface area contributed by atoms with E-state index in [2.05, 4.69) is 0 Å². The minimum absolute atomic E-state index is 0.261. The number of rotatable bonds is 6. The van der Waals surface area contributed by atoms with Crippen LogP contribution in [0.3, 0.4) is 0 Å². The average molecular weight is 244 g/mol. The molecular weight excluding hydrogens is 228 g/mol. The molecule has 5 heteroatoms. The Morgan fingerprint density at radius 3 is 2.44 bits per heavy atom. The molecule has 0 bridgehead atoms. The molecule has 0 amide bonds. The lowest BCUT2D eigenvalue weighted by Crippen LogP contribution is -2.14. The number of hydrogen-bond donors (Lipinski definition) is 1. The molecule has 1 aromatic carbocycles. The number of hydrogen-bond acceptors (Lipinski definition) is 3. The molecule has 0 spiro atoms. The molecule has 0 saturated heterocycles. The molecule has 0 saturated carbocycles. The summed E-state index contributed by atoms with van der Waals surface area (Å²) in [5.41, 5.74) is 0.588. The second-order valence-corrected chi connectivity index (χ2v) is 5.00. The second-order valence-electron chi connectivity index (χ2n) is 3.40. The first-order valence-electron chi connectivity index (χ1n) is 5.14. The first-order valence-corrected chi connectivity index (χ1v) is 6.65. The molecule has 0 aliphatic carbocycles. The quantitative estimate of drug-likeness (QED) is 0.614. The van der Waals surface area contributed by atoms with E-state index in [4.69, 9.17) is 9.29 Å². The van der Waals surface area contributed by atoms with Crippen LogP contribution in [0.2, 0.25) is 0 Å². The predicted molar refractivity (Wildman–Crippen MR) is 61.8 cm³/mol. The van der Waals surface area contributed by atoms with E-state index in [0.29, 0.717) is 18.8 Å². The number of ether oxygens (including phenoxy) is 1. The molecule has 0 radical (unpaired) electrons. The minimum Gasteiger partial charge on any atom is -0.382 e. The van der Waals surface area contributed by atoms with Gasteiger partial charge in [0.15, 0.2) is 0 Å². The highest BCUT2D eigenvalue weighted by molar-refractivity contribution is 7.86. The summed E-state index contributed by atoms with van der Waals surface area (Å²) < 4.78 is 36.7. The van der Waals surface area contributed by atoms with Gasteiger partial charge in [-0.25, -0.2) is 0 Å². The summed E-state index contributed by atoms with van der Waals surface area (Å²) in [7, 11) is -4.08. The Hall–Kier alpha value is -0.910. The first kappa shape index (κ1) is 13.2. The van der Waals surface area contributed by atoms with Gasteiger partial charge in [0.2, 0.25) is 0 Å². The fourth-order valence-corrected chi connectivity index (χ4v) is 2.39. The summed E-state index contributed by atoms with van der Waals surface area (Å²) >= 11 is 0. The van der Waals surface area contributed by atoms with E-state index in [1.165, 1.54) is 0 Å². The molecule has 1 rings (SSSR count). The van der Waals surface area contributed by atoms with Gasteiger partial charge in [0.25, 0.3) is 10.1 Å². The number of benzene rings is 1. The third kappa shape index (κ3) is 3.92. The molecule has 1 aromatic rings. The summed E-state index contributed by atoms with van der Waals surface area (Å²) in [6.45, 7) is 2.69. The third-order valence-electron chi connectivity index (χ3n) is 2.26. The molecule has 4 nitrogen and oxygen atoms in total. The Bertz CT molecular complexity index is 399. The maximum Gasteiger partial charge on any atom is 0.272 e. The summed E-state index contributed by atoms with van der Waals surface area (Å²) in [5, 5.41) is -0.903. The monoisotopic (exact) mass is 244 g/mol. The standard InChI is InChI=1S/C11H16O4S/c1-2-15-9-8-11(16(12,13)14)10-6-4-3-5-7-10/h3-7,11H,2,8-9H2,1H3,(H,12,13,14). The van der Waals surface area contributed by atoms with Gasteiger partial charge in [-0.1, -0.05) is 30.3 Å². The van der Waals surface area contributed by atoms with Crippen LogP contribution < -0.4 is 0 Å². The molecule has 1 atom stereocenters. The molecule has 0 aliphatic rings. The van der Waals surface area contributed by atoms with E-state index in [0.717, 1.165) is 0 Å². The van der Waals surface area contributed by atoms with Crippen LogP contribution in [0.1, 0.15) is 24.2 Å². The third-order valence-corrected chi connectivity index (χ3v) is 3.49. The van der Waals surface area contributed by atoms with Gasteiger partial charge in [-0.15, -0.1) is 0 Å². The van der Waals surface area contributed by atoms with E-state index in [1.807, 2.05) is 6.92 Å².